The number of benzene rings is 3. The Balaban J connectivity index is 1.28. The number of anilines is 2. The highest BCUT2D eigenvalue weighted by atomic mass is 32.2. The van der Waals surface area contributed by atoms with E-state index in [1.165, 1.54) is 14.1 Å². The third-order valence-electron chi connectivity index (χ3n) is 7.86. The number of hydrogen-bond donors (Lipinski definition) is 3. The lowest BCUT2D eigenvalue weighted by Crippen LogP contribution is -2.39. The molecule has 1 fully saturated rings. The summed E-state index contributed by atoms with van der Waals surface area (Å²) < 4.78 is 44.7. The van der Waals surface area contributed by atoms with Crippen LogP contribution in [0.1, 0.15) is 32.0 Å². The van der Waals surface area contributed by atoms with E-state index in [1.807, 2.05) is 68.0 Å². The highest BCUT2D eigenvalue weighted by Gasteiger charge is 2.22. The van der Waals surface area contributed by atoms with Crippen LogP contribution in [0, 0.1) is 0 Å². The van der Waals surface area contributed by atoms with Crippen molar-refractivity contribution in [1.82, 2.24) is 23.7 Å². The van der Waals surface area contributed by atoms with E-state index in [0.717, 1.165) is 59.4 Å². The van der Waals surface area contributed by atoms with Crippen molar-refractivity contribution in [3.05, 3.63) is 78.0 Å². The summed E-state index contributed by atoms with van der Waals surface area (Å²) in [5, 5.41) is 12.4. The smallest absolute Gasteiger partial charge is 0.422 e. The van der Waals surface area contributed by atoms with Crippen LogP contribution in [0.2, 0.25) is 0 Å². The second kappa shape index (κ2) is 15.2. The Morgan fingerprint density at radius 2 is 1.65 bits per heavy atom. The van der Waals surface area contributed by atoms with Gasteiger partial charge in [0.25, 0.3) is 0 Å². The zero-order valence-corrected chi connectivity index (χ0v) is 29.2. The van der Waals surface area contributed by atoms with Gasteiger partial charge in [0.2, 0.25) is 0 Å². The molecule has 3 aromatic carbocycles. The average molecular weight is 694 g/mol. The Hall–Kier alpha value is -4.70. The molecular formula is C34H43N7O7S. The molecule has 0 radical (unpaired) electrons. The van der Waals surface area contributed by atoms with Crippen molar-refractivity contribution in [3.63, 3.8) is 0 Å². The molecule has 0 spiro atoms. The zero-order valence-electron chi connectivity index (χ0n) is 28.4. The van der Waals surface area contributed by atoms with E-state index in [9.17, 15) is 18.0 Å². The van der Waals surface area contributed by atoms with Crippen molar-refractivity contribution >= 4 is 44.6 Å². The largest absolute Gasteiger partial charge is 0.492 e. The first kappa shape index (κ1) is 35.6. The average Bonchev–Trinajstić information content (AvgIpc) is 3.49. The van der Waals surface area contributed by atoms with Gasteiger partial charge in [-0.15, -0.1) is 0 Å². The highest BCUT2D eigenvalue weighted by Crippen LogP contribution is 2.32. The quantitative estimate of drug-likeness (QED) is 0.203. The fraction of sp³-hybridized carbons (Fsp3) is 0.382. The molecule has 1 aliphatic heterocycles. The minimum atomic E-state index is -3.96. The van der Waals surface area contributed by atoms with Crippen molar-refractivity contribution in [2.45, 2.75) is 32.8 Å². The van der Waals surface area contributed by atoms with Gasteiger partial charge in [0.15, 0.2) is 0 Å². The van der Waals surface area contributed by atoms with E-state index in [1.54, 1.807) is 28.9 Å². The van der Waals surface area contributed by atoms with Crippen LogP contribution in [0.3, 0.4) is 0 Å². The standard InChI is InChI=1S/C34H43N7O7S/c1-34(2,3)30-22-31(41(37-30)25-12-10-24(11-13-25)23-48-33(43)38-49(44,45)39(4)5)36-32(42)35-28-14-15-29(27-9-7-6-8-26(27)28)47-21-18-40-16-19-46-20-17-40/h6-15,22H,16-21,23H2,1-5H3,(H,38,43)(H2,35,36,42). The molecule has 1 saturated heterocycles. The van der Waals surface area contributed by atoms with Crippen molar-refractivity contribution in [2.75, 3.05) is 64.2 Å². The summed E-state index contributed by atoms with van der Waals surface area (Å²) in [5.74, 6) is 1.20. The van der Waals surface area contributed by atoms with E-state index in [-0.39, 0.29) is 12.0 Å². The lowest BCUT2D eigenvalue weighted by molar-refractivity contribution is 0.0323. The van der Waals surface area contributed by atoms with Crippen molar-refractivity contribution in [2.24, 2.45) is 0 Å². The maximum atomic E-state index is 13.4. The van der Waals surface area contributed by atoms with Gasteiger partial charge in [0.1, 0.15) is 24.8 Å². The van der Waals surface area contributed by atoms with Crippen LogP contribution in [0.5, 0.6) is 5.75 Å². The van der Waals surface area contributed by atoms with Gasteiger partial charge in [-0.1, -0.05) is 57.2 Å². The number of aromatic nitrogens is 2. The number of nitrogens with one attached hydrogen (secondary N) is 3. The molecule has 2 heterocycles. The van der Waals surface area contributed by atoms with Crippen molar-refractivity contribution in [3.8, 4) is 11.4 Å². The predicted octanol–water partition coefficient (Wildman–Crippen LogP) is 4.71. The summed E-state index contributed by atoms with van der Waals surface area (Å²) >= 11 is 0. The predicted molar refractivity (Wildman–Crippen MR) is 188 cm³/mol. The second-order valence-electron chi connectivity index (χ2n) is 12.7. The van der Waals surface area contributed by atoms with Crippen LogP contribution >= 0.6 is 0 Å². The lowest BCUT2D eigenvalue weighted by Gasteiger charge is -2.26. The fourth-order valence-corrected chi connectivity index (χ4v) is 5.48. The topological polar surface area (TPSA) is 156 Å². The molecule has 5 rings (SSSR count). The summed E-state index contributed by atoms with van der Waals surface area (Å²) in [6.45, 7) is 10.6. The Morgan fingerprint density at radius 1 is 0.959 bits per heavy atom. The van der Waals surface area contributed by atoms with Gasteiger partial charge in [-0.25, -0.2) is 19.0 Å². The maximum Gasteiger partial charge on any atom is 0.422 e. The summed E-state index contributed by atoms with van der Waals surface area (Å²) in [4.78, 5) is 27.7. The van der Waals surface area contributed by atoms with Gasteiger partial charge >= 0.3 is 22.3 Å². The molecule has 0 aliphatic carbocycles. The van der Waals surface area contributed by atoms with Crippen molar-refractivity contribution < 1.29 is 32.2 Å². The third-order valence-corrected chi connectivity index (χ3v) is 9.25. The first-order valence-electron chi connectivity index (χ1n) is 15.9. The number of carbonyl (C=O) groups excluding carboxylic acids is 2. The third kappa shape index (κ3) is 9.26. The van der Waals surface area contributed by atoms with Gasteiger partial charge in [0.05, 0.1) is 30.3 Å². The van der Waals surface area contributed by atoms with Crippen LogP contribution in [0.25, 0.3) is 16.5 Å². The van der Waals surface area contributed by atoms with Gasteiger partial charge in [-0.3, -0.25) is 10.2 Å². The molecule has 1 aliphatic rings. The number of amides is 3. The molecule has 0 bridgehead atoms. The van der Waals surface area contributed by atoms with Crippen LogP contribution < -0.4 is 20.1 Å². The zero-order chi connectivity index (χ0) is 35.2. The Labute approximate surface area is 286 Å². The molecule has 1 aromatic heterocycles. The molecule has 0 saturated carbocycles. The van der Waals surface area contributed by atoms with E-state index < -0.39 is 22.3 Å². The minimum absolute atomic E-state index is 0.152. The molecule has 14 nitrogen and oxygen atoms in total. The highest BCUT2D eigenvalue weighted by molar-refractivity contribution is 7.87. The second-order valence-corrected chi connectivity index (χ2v) is 14.6. The number of carbonyl (C=O) groups is 2. The summed E-state index contributed by atoms with van der Waals surface area (Å²) in [6, 6.07) is 19.8. The van der Waals surface area contributed by atoms with Crippen molar-refractivity contribution in [1.29, 1.82) is 0 Å². The summed E-state index contributed by atoms with van der Waals surface area (Å²) in [5.41, 5.74) is 2.36. The molecule has 15 heteroatoms. The summed E-state index contributed by atoms with van der Waals surface area (Å²) in [7, 11) is -1.37. The lowest BCUT2D eigenvalue weighted by atomic mass is 9.92. The number of ether oxygens (including phenoxy) is 3. The molecule has 49 heavy (non-hydrogen) atoms. The SMILES string of the molecule is CN(C)S(=O)(=O)NC(=O)OCc1ccc(-n2nc(C(C)(C)C)cc2NC(=O)Nc2ccc(OCCN3CCOCC3)c3ccccc23)cc1. The van der Waals surface area contributed by atoms with E-state index in [4.69, 9.17) is 19.3 Å². The minimum Gasteiger partial charge on any atom is -0.492 e. The molecule has 3 amide bonds. The van der Waals surface area contributed by atoms with Gasteiger partial charge in [0, 0.05) is 56.0 Å². The summed E-state index contributed by atoms with van der Waals surface area (Å²) in [6.07, 6.45) is -1.09. The Morgan fingerprint density at radius 3 is 2.33 bits per heavy atom. The Bertz CT molecular complexity index is 1880. The first-order valence-corrected chi connectivity index (χ1v) is 17.3. The molecule has 4 aromatic rings. The van der Waals surface area contributed by atoms with Gasteiger partial charge in [-0.2, -0.15) is 17.8 Å². The fourth-order valence-electron chi connectivity index (χ4n) is 5.03. The van der Waals surface area contributed by atoms with Crippen LogP contribution in [-0.4, -0.2) is 93.1 Å². The first-order chi connectivity index (χ1) is 23.3. The van der Waals surface area contributed by atoms with E-state index in [2.05, 4.69) is 15.5 Å². The molecule has 0 atom stereocenters. The molecule has 0 unspecified atom stereocenters. The molecule has 262 valence electrons. The van der Waals surface area contributed by atoms with Gasteiger partial charge < -0.3 is 19.5 Å². The Kier molecular flexibility index (Phi) is 11.1. The number of rotatable bonds is 11. The van der Waals surface area contributed by atoms with E-state index >= 15 is 0 Å². The molecule has 3 N–H and O–H groups in total. The maximum absolute atomic E-state index is 13.4. The molecular weight excluding hydrogens is 650 g/mol. The van der Waals surface area contributed by atoms with Crippen LogP contribution in [-0.2, 0) is 31.7 Å². The number of hydrogen-bond acceptors (Lipinski definition) is 9. The number of nitrogens with zero attached hydrogens (tertiary/aromatic N) is 4. The van der Waals surface area contributed by atoms with Crippen LogP contribution in [0.4, 0.5) is 21.1 Å². The number of fused-ring (bicyclic) bond motifs is 1. The number of morpholine rings is 1. The van der Waals surface area contributed by atoms with Crippen LogP contribution in [0.15, 0.2) is 66.7 Å². The number of urea groups is 1. The normalized spacial score (nSPS) is 14.1. The monoisotopic (exact) mass is 693 g/mol. The van der Waals surface area contributed by atoms with Gasteiger partial charge in [-0.05, 0) is 29.8 Å². The van der Waals surface area contributed by atoms with E-state index in [0.29, 0.717) is 29.4 Å².